The van der Waals surface area contributed by atoms with Crippen molar-refractivity contribution in [1.82, 2.24) is 0 Å². The van der Waals surface area contributed by atoms with E-state index in [1.165, 1.54) is 0 Å². The van der Waals surface area contributed by atoms with Gasteiger partial charge in [-0.3, -0.25) is 0 Å². The highest BCUT2D eigenvalue weighted by Gasteiger charge is 2.31. The van der Waals surface area contributed by atoms with Crippen LogP contribution in [-0.4, -0.2) is 19.1 Å². The van der Waals surface area contributed by atoms with Crippen molar-refractivity contribution in [3.63, 3.8) is 0 Å². The Morgan fingerprint density at radius 2 is 2.10 bits per heavy atom. The molecule has 3 heteroatoms. The first kappa shape index (κ1) is 7.84. The summed E-state index contributed by atoms with van der Waals surface area (Å²) in [6.07, 6.45) is 1.57. The average Bonchev–Trinajstić information content (AvgIpc) is 2.06. The summed E-state index contributed by atoms with van der Waals surface area (Å²) >= 11 is 5.66. The Kier molecular flexibility index (Phi) is 2.53. The Balaban J connectivity index is 2.55. The van der Waals surface area contributed by atoms with E-state index in [2.05, 4.69) is 6.07 Å². The molecular formula is C7H10ClNO. The summed E-state index contributed by atoms with van der Waals surface area (Å²) in [5.74, 6) is 0.437. The Morgan fingerprint density at radius 3 is 2.40 bits per heavy atom. The number of hydrogen-bond acceptors (Lipinski definition) is 2. The first-order chi connectivity index (χ1) is 4.83. The predicted molar refractivity (Wildman–Crippen MR) is 38.8 cm³/mol. The molecule has 2 nitrogen and oxygen atoms in total. The largest absolute Gasteiger partial charge is 0.381 e. The van der Waals surface area contributed by atoms with Crippen LogP contribution in [0.1, 0.15) is 12.8 Å². The maximum Gasteiger partial charge on any atom is 0.0752 e. The summed E-state index contributed by atoms with van der Waals surface area (Å²) in [6.45, 7) is 1.36. The molecular weight excluding hydrogens is 150 g/mol. The minimum atomic E-state index is -0.292. The fourth-order valence-electron chi connectivity index (χ4n) is 1.04. The zero-order chi connectivity index (χ0) is 7.45. The number of alkyl halides is 1. The molecule has 0 aromatic rings. The van der Waals surface area contributed by atoms with E-state index >= 15 is 0 Å². The molecule has 56 valence electrons. The summed E-state index contributed by atoms with van der Waals surface area (Å²) in [7, 11) is 0. The average molecular weight is 160 g/mol. The van der Waals surface area contributed by atoms with E-state index in [0.717, 1.165) is 12.8 Å². The summed E-state index contributed by atoms with van der Waals surface area (Å²) in [6, 6.07) is 2.26. The number of ether oxygens (including phenoxy) is 1. The Hall–Kier alpha value is -0.260. The van der Waals surface area contributed by atoms with Crippen molar-refractivity contribution in [2.75, 3.05) is 19.1 Å². The molecule has 1 heterocycles. The van der Waals surface area contributed by atoms with Gasteiger partial charge in [-0.1, -0.05) is 0 Å². The minimum Gasteiger partial charge on any atom is -0.381 e. The molecule has 1 saturated heterocycles. The van der Waals surface area contributed by atoms with E-state index in [1.54, 1.807) is 0 Å². The number of nitrogens with zero attached hydrogens (tertiary/aromatic N) is 1. The van der Waals surface area contributed by atoms with E-state index in [9.17, 15) is 0 Å². The lowest BCUT2D eigenvalue weighted by Gasteiger charge is -2.27. The Bertz CT molecular complexity index is 146. The first-order valence-corrected chi connectivity index (χ1v) is 3.91. The molecule has 0 saturated carbocycles. The lowest BCUT2D eigenvalue weighted by molar-refractivity contribution is 0.0492. The molecule has 0 atom stereocenters. The quantitative estimate of drug-likeness (QED) is 0.544. The normalized spacial score (nSPS) is 23.6. The zero-order valence-electron chi connectivity index (χ0n) is 5.77. The SMILES string of the molecule is N#CC1(CCl)CCOCC1. The molecule has 1 fully saturated rings. The van der Waals surface area contributed by atoms with Crippen molar-refractivity contribution < 1.29 is 4.74 Å². The monoisotopic (exact) mass is 159 g/mol. The molecule has 0 aliphatic carbocycles. The Morgan fingerprint density at radius 1 is 1.50 bits per heavy atom. The second-order valence-electron chi connectivity index (χ2n) is 2.64. The summed E-state index contributed by atoms with van der Waals surface area (Å²) < 4.78 is 5.12. The third kappa shape index (κ3) is 1.42. The molecule has 0 bridgehead atoms. The van der Waals surface area contributed by atoms with Crippen molar-refractivity contribution in [1.29, 1.82) is 5.26 Å². The lowest BCUT2D eigenvalue weighted by Crippen LogP contribution is -2.29. The van der Waals surface area contributed by atoms with E-state index in [0.29, 0.717) is 19.1 Å². The second-order valence-corrected chi connectivity index (χ2v) is 2.91. The topological polar surface area (TPSA) is 33.0 Å². The van der Waals surface area contributed by atoms with Crippen LogP contribution in [-0.2, 0) is 4.74 Å². The van der Waals surface area contributed by atoms with Gasteiger partial charge >= 0.3 is 0 Å². The molecule has 1 aliphatic rings. The molecule has 0 aromatic carbocycles. The van der Waals surface area contributed by atoms with Crippen LogP contribution in [0.25, 0.3) is 0 Å². The van der Waals surface area contributed by atoms with Gasteiger partial charge in [0.15, 0.2) is 0 Å². The molecule has 1 rings (SSSR count). The molecule has 1 aliphatic heterocycles. The van der Waals surface area contributed by atoms with Gasteiger partial charge < -0.3 is 4.74 Å². The van der Waals surface area contributed by atoms with Gasteiger partial charge in [-0.25, -0.2) is 0 Å². The Labute approximate surface area is 65.7 Å². The third-order valence-electron chi connectivity index (χ3n) is 1.94. The van der Waals surface area contributed by atoms with Gasteiger partial charge in [0.25, 0.3) is 0 Å². The van der Waals surface area contributed by atoms with Crippen LogP contribution >= 0.6 is 11.6 Å². The fourth-order valence-corrected chi connectivity index (χ4v) is 1.36. The molecule has 0 spiro atoms. The molecule has 0 aromatic heterocycles. The fraction of sp³-hybridized carbons (Fsp3) is 0.857. The van der Waals surface area contributed by atoms with Crippen LogP contribution in [0.2, 0.25) is 0 Å². The van der Waals surface area contributed by atoms with Crippen LogP contribution < -0.4 is 0 Å². The summed E-state index contributed by atoms with van der Waals surface area (Å²) in [5.41, 5.74) is -0.292. The highest BCUT2D eigenvalue weighted by Crippen LogP contribution is 2.30. The maximum absolute atomic E-state index is 8.75. The molecule has 0 radical (unpaired) electrons. The van der Waals surface area contributed by atoms with Crippen molar-refractivity contribution in [3.05, 3.63) is 0 Å². The molecule has 0 N–H and O–H groups in total. The zero-order valence-corrected chi connectivity index (χ0v) is 6.52. The second kappa shape index (κ2) is 3.23. The van der Waals surface area contributed by atoms with Gasteiger partial charge in [0.2, 0.25) is 0 Å². The van der Waals surface area contributed by atoms with Gasteiger partial charge in [0, 0.05) is 19.1 Å². The van der Waals surface area contributed by atoms with Gasteiger partial charge in [0.05, 0.1) is 11.5 Å². The molecule has 0 amide bonds. The van der Waals surface area contributed by atoms with E-state index < -0.39 is 0 Å². The van der Waals surface area contributed by atoms with Gasteiger partial charge in [0.1, 0.15) is 0 Å². The van der Waals surface area contributed by atoms with Crippen LogP contribution in [0.5, 0.6) is 0 Å². The standard InChI is InChI=1S/C7H10ClNO/c8-5-7(6-9)1-3-10-4-2-7/h1-5H2. The van der Waals surface area contributed by atoms with Gasteiger partial charge in [-0.15, -0.1) is 11.6 Å². The van der Waals surface area contributed by atoms with Gasteiger partial charge in [-0.2, -0.15) is 5.26 Å². The van der Waals surface area contributed by atoms with Crippen LogP contribution in [0, 0.1) is 16.7 Å². The highest BCUT2D eigenvalue weighted by atomic mass is 35.5. The van der Waals surface area contributed by atoms with Crippen LogP contribution in [0.3, 0.4) is 0 Å². The molecule has 0 unspecified atom stereocenters. The van der Waals surface area contributed by atoms with E-state index in [-0.39, 0.29) is 5.41 Å². The minimum absolute atomic E-state index is 0.292. The van der Waals surface area contributed by atoms with E-state index in [1.807, 2.05) is 0 Å². The van der Waals surface area contributed by atoms with E-state index in [4.69, 9.17) is 21.6 Å². The number of rotatable bonds is 1. The van der Waals surface area contributed by atoms with Crippen LogP contribution in [0.4, 0.5) is 0 Å². The van der Waals surface area contributed by atoms with Crippen molar-refractivity contribution in [3.8, 4) is 6.07 Å². The third-order valence-corrected chi connectivity index (χ3v) is 2.45. The highest BCUT2D eigenvalue weighted by molar-refractivity contribution is 6.18. The predicted octanol–water partition coefficient (Wildman–Crippen LogP) is 1.55. The number of halogens is 1. The lowest BCUT2D eigenvalue weighted by atomic mass is 9.84. The van der Waals surface area contributed by atoms with Crippen molar-refractivity contribution in [2.45, 2.75) is 12.8 Å². The summed E-state index contributed by atoms with van der Waals surface area (Å²) in [4.78, 5) is 0. The smallest absolute Gasteiger partial charge is 0.0752 e. The number of hydrogen-bond donors (Lipinski definition) is 0. The summed E-state index contributed by atoms with van der Waals surface area (Å²) in [5, 5.41) is 8.75. The maximum atomic E-state index is 8.75. The van der Waals surface area contributed by atoms with Gasteiger partial charge in [-0.05, 0) is 12.8 Å². The van der Waals surface area contributed by atoms with Crippen molar-refractivity contribution in [2.24, 2.45) is 5.41 Å². The number of nitriles is 1. The first-order valence-electron chi connectivity index (χ1n) is 3.38. The molecule has 10 heavy (non-hydrogen) atoms. The van der Waals surface area contributed by atoms with Crippen LogP contribution in [0.15, 0.2) is 0 Å². The van der Waals surface area contributed by atoms with Crippen molar-refractivity contribution >= 4 is 11.6 Å².